The molecule has 4 aliphatic rings. The smallest absolute Gasteiger partial charge is 0.410 e. The Bertz CT molecular complexity index is 1570. The Kier molecular flexibility index (Phi) is 9.82. The number of piperazine rings is 1. The van der Waals surface area contributed by atoms with Gasteiger partial charge in [0.1, 0.15) is 12.1 Å². The lowest BCUT2D eigenvalue weighted by Gasteiger charge is -2.46. The second-order valence-electron chi connectivity index (χ2n) is 13.9. The molecule has 9 nitrogen and oxygen atoms in total. The number of pyridine rings is 1. The van der Waals surface area contributed by atoms with Crippen molar-refractivity contribution in [3.8, 4) is 0 Å². The predicted octanol–water partition coefficient (Wildman–Crippen LogP) is 6.35. The molecule has 0 spiro atoms. The van der Waals surface area contributed by atoms with Crippen LogP contribution in [-0.2, 0) is 28.9 Å². The number of aromatic nitrogens is 3. The quantitative estimate of drug-likeness (QED) is 0.307. The topological polar surface area (TPSA) is 83.8 Å². The number of hydrogen-bond acceptors (Lipinski definition) is 6. The monoisotopic (exact) mass is 658 g/mol. The fourth-order valence-electron chi connectivity index (χ4n) is 8.29. The summed E-state index contributed by atoms with van der Waals surface area (Å²) in [5.74, 6) is 0.0352. The maximum atomic E-state index is 14.8. The third-order valence-corrected chi connectivity index (χ3v) is 11.0. The molecular weight excluding hydrogens is 612 g/mol. The molecule has 0 N–H and O–H groups in total. The Morgan fingerprint density at radius 1 is 0.936 bits per heavy atom. The van der Waals surface area contributed by atoms with Gasteiger partial charge in [-0.25, -0.2) is 9.78 Å². The van der Waals surface area contributed by atoms with Crippen molar-refractivity contribution in [2.45, 2.75) is 108 Å². The minimum Gasteiger partial charge on any atom is -0.446 e. The Hall–Kier alpha value is -3.43. The Morgan fingerprint density at radius 3 is 2.60 bits per heavy atom. The van der Waals surface area contributed by atoms with Gasteiger partial charge in [-0.05, 0) is 106 Å². The van der Waals surface area contributed by atoms with Crippen molar-refractivity contribution in [3.05, 3.63) is 82.2 Å². The standard InChI is InChI=1S/C37H47ClN6O3/c1-26-23-41(25-40-26)19-16-30-9-5-6-18-43(30)36(45)33-24-42(20-21-44(33)37(46)47-31-10-3-2-4-11-31)35-32-15-14-29(38)22-28(32)13-12-27-8-7-17-39-34(27)35/h7-8,14-15,17,22-23,25,30-31,33,35H,2-6,9-13,16,18-21,24H2,1H3. The van der Waals surface area contributed by atoms with Gasteiger partial charge in [0.2, 0.25) is 5.91 Å². The van der Waals surface area contributed by atoms with Crippen molar-refractivity contribution in [2.75, 3.05) is 26.2 Å². The van der Waals surface area contributed by atoms with Crippen LogP contribution >= 0.6 is 11.6 Å². The molecule has 10 heteroatoms. The molecule has 250 valence electrons. The van der Waals surface area contributed by atoms with E-state index < -0.39 is 6.04 Å². The van der Waals surface area contributed by atoms with E-state index in [9.17, 15) is 9.59 Å². The number of benzene rings is 1. The second-order valence-corrected chi connectivity index (χ2v) is 14.3. The van der Waals surface area contributed by atoms with Gasteiger partial charge in [0.05, 0.1) is 23.8 Å². The summed E-state index contributed by atoms with van der Waals surface area (Å²) in [5, 5.41) is 0.728. The van der Waals surface area contributed by atoms with Gasteiger partial charge in [-0.2, -0.15) is 0 Å². The number of nitrogens with zero attached hydrogens (tertiary/aromatic N) is 6. The molecule has 4 heterocycles. The molecule has 2 saturated heterocycles. The molecular formula is C37H47ClN6O3. The molecule has 2 aliphatic carbocycles. The van der Waals surface area contributed by atoms with Crippen LogP contribution in [0.1, 0.15) is 91.9 Å². The SMILES string of the molecule is Cc1cn(CCC2CCCCN2C(=O)C2CN(C3c4ccc(Cl)cc4CCc4cccnc43)CCN2C(=O)OC2CCCCC2)cn1. The van der Waals surface area contributed by atoms with E-state index in [2.05, 4.69) is 43.7 Å². The zero-order chi connectivity index (χ0) is 32.3. The number of imidazole rings is 1. The fraction of sp³-hybridized carbons (Fsp3) is 0.568. The normalized spacial score (nSPS) is 23.9. The van der Waals surface area contributed by atoms with Crippen LogP contribution in [0.5, 0.6) is 0 Å². The number of likely N-dealkylation sites (tertiary alicyclic amines) is 1. The van der Waals surface area contributed by atoms with E-state index in [1.54, 1.807) is 4.90 Å². The number of piperidine rings is 1. The van der Waals surface area contributed by atoms with Gasteiger partial charge >= 0.3 is 6.09 Å². The summed E-state index contributed by atoms with van der Waals surface area (Å²) in [6.07, 6.45) is 16.2. The first-order valence-electron chi connectivity index (χ1n) is 17.7. The van der Waals surface area contributed by atoms with Crippen molar-refractivity contribution in [3.63, 3.8) is 0 Å². The number of aryl methyl sites for hydroxylation is 4. The molecule has 2 amide bonds. The van der Waals surface area contributed by atoms with Crippen LogP contribution in [0.25, 0.3) is 0 Å². The van der Waals surface area contributed by atoms with Crippen LogP contribution in [0.3, 0.4) is 0 Å². The number of rotatable bonds is 6. The van der Waals surface area contributed by atoms with Crippen molar-refractivity contribution in [1.82, 2.24) is 29.2 Å². The molecule has 1 saturated carbocycles. The first-order chi connectivity index (χ1) is 22.9. The van der Waals surface area contributed by atoms with Gasteiger partial charge in [-0.15, -0.1) is 0 Å². The minimum absolute atomic E-state index is 0.0352. The first-order valence-corrected chi connectivity index (χ1v) is 18.0. The molecule has 3 fully saturated rings. The summed E-state index contributed by atoms with van der Waals surface area (Å²) in [4.78, 5) is 44.2. The van der Waals surface area contributed by atoms with E-state index >= 15 is 0 Å². The highest BCUT2D eigenvalue weighted by Crippen LogP contribution is 2.38. The highest BCUT2D eigenvalue weighted by molar-refractivity contribution is 6.30. The number of carbonyl (C=O) groups excluding carboxylic acids is 2. The molecule has 0 radical (unpaired) electrons. The average Bonchev–Trinajstić information content (AvgIpc) is 3.45. The van der Waals surface area contributed by atoms with E-state index in [1.807, 2.05) is 31.6 Å². The zero-order valence-electron chi connectivity index (χ0n) is 27.5. The van der Waals surface area contributed by atoms with Crippen LogP contribution in [0.15, 0.2) is 49.1 Å². The summed E-state index contributed by atoms with van der Waals surface area (Å²) >= 11 is 6.50. The Labute approximate surface area is 283 Å². The van der Waals surface area contributed by atoms with Crippen LogP contribution < -0.4 is 0 Å². The number of ether oxygens (including phenoxy) is 1. The largest absolute Gasteiger partial charge is 0.446 e. The van der Waals surface area contributed by atoms with Crippen LogP contribution in [0.2, 0.25) is 5.02 Å². The molecule has 1 aromatic carbocycles. The lowest BCUT2D eigenvalue weighted by Crippen LogP contribution is -2.63. The van der Waals surface area contributed by atoms with Crippen molar-refractivity contribution < 1.29 is 14.3 Å². The van der Waals surface area contributed by atoms with E-state index in [4.69, 9.17) is 21.3 Å². The summed E-state index contributed by atoms with van der Waals surface area (Å²) in [5.41, 5.74) is 5.65. The van der Waals surface area contributed by atoms with Gasteiger partial charge in [-0.3, -0.25) is 19.6 Å². The third kappa shape index (κ3) is 7.07. The van der Waals surface area contributed by atoms with Crippen molar-refractivity contribution in [1.29, 1.82) is 0 Å². The van der Waals surface area contributed by atoms with Crippen LogP contribution in [0, 0.1) is 6.92 Å². The number of carbonyl (C=O) groups is 2. The molecule has 3 unspecified atom stereocenters. The maximum absolute atomic E-state index is 14.8. The maximum Gasteiger partial charge on any atom is 0.410 e. The third-order valence-electron chi connectivity index (χ3n) is 10.8. The fourth-order valence-corrected chi connectivity index (χ4v) is 8.48. The van der Waals surface area contributed by atoms with Gasteiger partial charge in [0.25, 0.3) is 0 Å². The highest BCUT2D eigenvalue weighted by atomic mass is 35.5. The summed E-state index contributed by atoms with van der Waals surface area (Å²) in [6.45, 7) is 4.99. The molecule has 3 atom stereocenters. The lowest BCUT2D eigenvalue weighted by atomic mass is 9.94. The van der Waals surface area contributed by atoms with E-state index in [0.717, 1.165) is 87.2 Å². The lowest BCUT2D eigenvalue weighted by molar-refractivity contribution is -0.143. The molecule has 0 bridgehead atoms. The number of fused-ring (bicyclic) bond motifs is 2. The summed E-state index contributed by atoms with van der Waals surface area (Å²) in [6, 6.07) is 9.70. The number of amides is 2. The van der Waals surface area contributed by atoms with Gasteiger partial charge in [0, 0.05) is 56.2 Å². The Morgan fingerprint density at radius 2 is 1.77 bits per heavy atom. The van der Waals surface area contributed by atoms with Gasteiger partial charge < -0.3 is 14.2 Å². The molecule has 2 aliphatic heterocycles. The van der Waals surface area contributed by atoms with Crippen molar-refractivity contribution >= 4 is 23.6 Å². The first kappa shape index (κ1) is 32.1. The predicted molar refractivity (Wildman–Crippen MR) is 181 cm³/mol. The molecule has 7 rings (SSSR count). The van der Waals surface area contributed by atoms with Crippen LogP contribution in [0.4, 0.5) is 4.79 Å². The number of hydrogen-bond donors (Lipinski definition) is 0. The minimum atomic E-state index is -0.637. The average molecular weight is 659 g/mol. The number of halogens is 1. The van der Waals surface area contributed by atoms with Crippen LogP contribution in [-0.4, -0.2) is 85.6 Å². The van der Waals surface area contributed by atoms with E-state index in [-0.39, 0.29) is 30.2 Å². The molecule has 3 aromatic rings. The highest BCUT2D eigenvalue weighted by Gasteiger charge is 2.44. The molecule has 2 aromatic heterocycles. The van der Waals surface area contributed by atoms with E-state index in [0.29, 0.717) is 26.2 Å². The molecule has 47 heavy (non-hydrogen) atoms. The summed E-state index contributed by atoms with van der Waals surface area (Å²) in [7, 11) is 0. The second kappa shape index (κ2) is 14.4. The van der Waals surface area contributed by atoms with Gasteiger partial charge in [0.15, 0.2) is 0 Å². The van der Waals surface area contributed by atoms with E-state index in [1.165, 1.54) is 23.1 Å². The zero-order valence-corrected chi connectivity index (χ0v) is 28.3. The summed E-state index contributed by atoms with van der Waals surface area (Å²) < 4.78 is 8.23. The van der Waals surface area contributed by atoms with Crippen molar-refractivity contribution in [2.24, 2.45) is 0 Å². The Balaban J connectivity index is 1.19. The van der Waals surface area contributed by atoms with Gasteiger partial charge in [-0.1, -0.05) is 30.2 Å².